The van der Waals surface area contributed by atoms with Crippen molar-refractivity contribution in [2.75, 3.05) is 19.5 Å². The lowest BCUT2D eigenvalue weighted by atomic mass is 10.1. The van der Waals surface area contributed by atoms with Crippen LogP contribution in [0.4, 0.5) is 10.1 Å². The van der Waals surface area contributed by atoms with Crippen molar-refractivity contribution in [2.45, 2.75) is 19.5 Å². The number of anilines is 1. The standard InChI is InChI=1S/C18H21FN2O2/c1-13(21(2)12-14-7-6-8-15(19)11-14)18(22)20-16-9-4-5-10-17(16)23-3/h4-11,13H,12H2,1-3H3,(H,20,22)/p+1/t13-/m0/s1. The van der Waals surface area contributed by atoms with Crippen molar-refractivity contribution < 1.29 is 18.8 Å². The Hall–Kier alpha value is -2.40. The number of rotatable bonds is 6. The number of likely N-dealkylation sites (N-methyl/N-ethyl adjacent to an activating group) is 1. The summed E-state index contributed by atoms with van der Waals surface area (Å²) in [5.41, 5.74) is 1.50. The van der Waals surface area contributed by atoms with E-state index in [9.17, 15) is 9.18 Å². The van der Waals surface area contributed by atoms with Gasteiger partial charge >= 0.3 is 0 Å². The summed E-state index contributed by atoms with van der Waals surface area (Å²) in [4.78, 5) is 13.4. The first-order valence-corrected chi connectivity index (χ1v) is 7.52. The minimum absolute atomic E-state index is 0.108. The van der Waals surface area contributed by atoms with E-state index in [0.717, 1.165) is 10.5 Å². The predicted molar refractivity (Wildman–Crippen MR) is 88.1 cm³/mol. The number of amides is 1. The lowest BCUT2D eigenvalue weighted by Crippen LogP contribution is -3.12. The van der Waals surface area contributed by atoms with Gasteiger partial charge in [0.2, 0.25) is 0 Å². The molecule has 2 aromatic rings. The van der Waals surface area contributed by atoms with Gasteiger partial charge in [0.15, 0.2) is 6.04 Å². The predicted octanol–water partition coefficient (Wildman–Crippen LogP) is 1.88. The molecule has 0 aliphatic carbocycles. The van der Waals surface area contributed by atoms with Gasteiger partial charge in [0, 0.05) is 5.56 Å². The summed E-state index contributed by atoms with van der Waals surface area (Å²) in [6.07, 6.45) is 0. The van der Waals surface area contributed by atoms with Crippen LogP contribution in [0.25, 0.3) is 0 Å². The van der Waals surface area contributed by atoms with E-state index in [2.05, 4.69) is 5.32 Å². The summed E-state index contributed by atoms with van der Waals surface area (Å²) in [6, 6.07) is 13.4. The van der Waals surface area contributed by atoms with Crippen LogP contribution in [0.3, 0.4) is 0 Å². The van der Waals surface area contributed by atoms with Crippen LogP contribution in [0.5, 0.6) is 5.75 Å². The fourth-order valence-electron chi connectivity index (χ4n) is 2.33. The van der Waals surface area contributed by atoms with Crippen molar-refractivity contribution in [1.82, 2.24) is 0 Å². The number of carbonyl (C=O) groups is 1. The zero-order valence-electron chi connectivity index (χ0n) is 13.6. The second-order valence-electron chi connectivity index (χ2n) is 5.56. The summed E-state index contributed by atoms with van der Waals surface area (Å²) in [7, 11) is 3.48. The van der Waals surface area contributed by atoms with Gasteiger partial charge in [-0.25, -0.2) is 4.39 Å². The molecule has 122 valence electrons. The number of ether oxygens (including phenoxy) is 1. The highest BCUT2D eigenvalue weighted by Gasteiger charge is 2.23. The molecule has 23 heavy (non-hydrogen) atoms. The maximum absolute atomic E-state index is 13.2. The van der Waals surface area contributed by atoms with Crippen LogP contribution in [0, 0.1) is 5.82 Å². The fraction of sp³-hybridized carbons (Fsp3) is 0.278. The van der Waals surface area contributed by atoms with Gasteiger partial charge in [0.1, 0.15) is 18.1 Å². The zero-order chi connectivity index (χ0) is 16.8. The Kier molecular flexibility index (Phi) is 5.71. The van der Waals surface area contributed by atoms with Gasteiger partial charge in [-0.2, -0.15) is 0 Å². The quantitative estimate of drug-likeness (QED) is 0.854. The van der Waals surface area contributed by atoms with Crippen LogP contribution >= 0.6 is 0 Å². The molecule has 0 saturated carbocycles. The molecule has 1 unspecified atom stereocenters. The Bertz CT molecular complexity index is 676. The molecule has 0 aliphatic rings. The van der Waals surface area contributed by atoms with Crippen molar-refractivity contribution in [3.63, 3.8) is 0 Å². The van der Waals surface area contributed by atoms with E-state index in [1.165, 1.54) is 12.1 Å². The summed E-state index contributed by atoms with van der Waals surface area (Å²) in [6.45, 7) is 2.41. The fourth-order valence-corrected chi connectivity index (χ4v) is 2.33. The van der Waals surface area contributed by atoms with Crippen molar-refractivity contribution in [2.24, 2.45) is 0 Å². The van der Waals surface area contributed by atoms with E-state index < -0.39 is 0 Å². The molecule has 4 nitrogen and oxygen atoms in total. The van der Waals surface area contributed by atoms with E-state index in [1.807, 2.05) is 32.2 Å². The first kappa shape index (κ1) is 17.0. The normalized spacial score (nSPS) is 13.2. The average molecular weight is 317 g/mol. The summed E-state index contributed by atoms with van der Waals surface area (Å²) >= 11 is 0. The molecular formula is C18H22FN2O2+. The highest BCUT2D eigenvalue weighted by molar-refractivity contribution is 5.94. The highest BCUT2D eigenvalue weighted by Crippen LogP contribution is 2.22. The van der Waals surface area contributed by atoms with Crippen molar-refractivity contribution in [3.8, 4) is 5.75 Å². The average Bonchev–Trinajstić information content (AvgIpc) is 2.54. The van der Waals surface area contributed by atoms with Gasteiger partial charge in [-0.3, -0.25) is 4.79 Å². The zero-order valence-corrected chi connectivity index (χ0v) is 13.6. The molecule has 5 heteroatoms. The first-order valence-electron chi connectivity index (χ1n) is 7.52. The second-order valence-corrected chi connectivity index (χ2v) is 5.56. The smallest absolute Gasteiger partial charge is 0.282 e. The Morgan fingerprint density at radius 3 is 2.70 bits per heavy atom. The van der Waals surface area contributed by atoms with Gasteiger partial charge in [0.05, 0.1) is 19.8 Å². The summed E-state index contributed by atoms with van der Waals surface area (Å²) < 4.78 is 18.5. The largest absolute Gasteiger partial charge is 0.495 e. The van der Waals surface area contributed by atoms with Gasteiger partial charge in [-0.15, -0.1) is 0 Å². The molecule has 2 aromatic carbocycles. The van der Waals surface area contributed by atoms with Gasteiger partial charge in [-0.1, -0.05) is 24.3 Å². The van der Waals surface area contributed by atoms with Gasteiger partial charge in [-0.05, 0) is 31.2 Å². The lowest BCUT2D eigenvalue weighted by molar-refractivity contribution is -0.907. The van der Waals surface area contributed by atoms with E-state index in [1.54, 1.807) is 25.3 Å². The lowest BCUT2D eigenvalue weighted by Gasteiger charge is -2.21. The molecule has 1 amide bonds. The molecular weight excluding hydrogens is 295 g/mol. The summed E-state index contributed by atoms with van der Waals surface area (Å²) in [5.74, 6) is 0.251. The SMILES string of the molecule is COc1ccccc1NC(=O)[C@H](C)[NH+](C)Cc1cccc(F)c1. The minimum atomic E-state index is -0.289. The van der Waals surface area contributed by atoms with Crippen LogP contribution in [0.15, 0.2) is 48.5 Å². The molecule has 0 saturated heterocycles. The maximum atomic E-state index is 13.2. The molecule has 0 fully saturated rings. The second kappa shape index (κ2) is 7.74. The first-order chi connectivity index (χ1) is 11.0. The molecule has 2 N–H and O–H groups in total. The third-order valence-electron chi connectivity index (χ3n) is 3.87. The molecule has 2 rings (SSSR count). The van der Waals surface area contributed by atoms with Crippen molar-refractivity contribution in [3.05, 3.63) is 59.9 Å². The maximum Gasteiger partial charge on any atom is 0.282 e. The molecule has 0 aromatic heterocycles. The molecule has 0 bridgehead atoms. The molecule has 0 spiro atoms. The van der Waals surface area contributed by atoms with Crippen molar-refractivity contribution in [1.29, 1.82) is 0 Å². The number of benzene rings is 2. The third kappa shape index (κ3) is 4.53. The van der Waals surface area contributed by atoms with Crippen LogP contribution in [0.1, 0.15) is 12.5 Å². The molecule has 0 radical (unpaired) electrons. The molecule has 0 heterocycles. The number of halogens is 1. The topological polar surface area (TPSA) is 42.8 Å². The number of quaternary nitrogens is 1. The highest BCUT2D eigenvalue weighted by atomic mass is 19.1. The van der Waals surface area contributed by atoms with Gasteiger partial charge in [0.25, 0.3) is 5.91 Å². The van der Waals surface area contributed by atoms with E-state index >= 15 is 0 Å². The minimum Gasteiger partial charge on any atom is -0.495 e. The number of hydrogen-bond acceptors (Lipinski definition) is 2. The number of carbonyl (C=O) groups excluding carboxylic acids is 1. The monoisotopic (exact) mass is 317 g/mol. The number of methoxy groups -OCH3 is 1. The van der Waals surface area contributed by atoms with E-state index in [-0.39, 0.29) is 17.8 Å². The van der Waals surface area contributed by atoms with Crippen LogP contribution in [0.2, 0.25) is 0 Å². The van der Waals surface area contributed by atoms with E-state index in [0.29, 0.717) is 18.0 Å². The molecule has 2 atom stereocenters. The van der Waals surface area contributed by atoms with E-state index in [4.69, 9.17) is 4.74 Å². The Morgan fingerprint density at radius 2 is 2.00 bits per heavy atom. The Balaban J connectivity index is 2.01. The van der Waals surface area contributed by atoms with Crippen LogP contribution in [-0.2, 0) is 11.3 Å². The van der Waals surface area contributed by atoms with Crippen molar-refractivity contribution >= 4 is 11.6 Å². The molecule has 0 aliphatic heterocycles. The number of hydrogen-bond donors (Lipinski definition) is 2. The summed E-state index contributed by atoms with van der Waals surface area (Å²) in [5, 5.41) is 2.88. The third-order valence-corrected chi connectivity index (χ3v) is 3.87. The van der Waals surface area contributed by atoms with Gasteiger partial charge < -0.3 is 15.0 Å². The number of para-hydroxylation sites is 2. The Morgan fingerprint density at radius 1 is 1.26 bits per heavy atom. The Labute approximate surface area is 135 Å². The number of nitrogens with one attached hydrogen (secondary N) is 2. The van der Waals surface area contributed by atoms with Crippen LogP contribution in [-0.4, -0.2) is 26.1 Å². The van der Waals surface area contributed by atoms with Crippen LogP contribution < -0.4 is 15.0 Å².